The molecule has 0 aromatic heterocycles. The van der Waals surface area contributed by atoms with E-state index >= 15 is 0 Å². The molecule has 0 aromatic rings. The minimum absolute atomic E-state index is 0.431. The first-order valence-electron chi connectivity index (χ1n) is 2.67. The van der Waals surface area contributed by atoms with Gasteiger partial charge in [0.1, 0.15) is 0 Å². The van der Waals surface area contributed by atoms with Gasteiger partial charge in [-0.15, -0.1) is 5.11 Å². The lowest BCUT2D eigenvalue weighted by Crippen LogP contribution is -2.40. The van der Waals surface area contributed by atoms with Gasteiger partial charge in [0.05, 0.1) is 0 Å². The number of hydrogen-bond acceptors (Lipinski definition) is 2. The molecule has 0 N–H and O–H groups in total. The van der Waals surface area contributed by atoms with Gasteiger partial charge in [-0.3, -0.25) is 4.90 Å². The zero-order valence-corrected chi connectivity index (χ0v) is 5.46. The van der Waals surface area contributed by atoms with E-state index in [9.17, 15) is 18.0 Å². The molecule has 1 unspecified atom stereocenters. The van der Waals surface area contributed by atoms with Gasteiger partial charge in [-0.2, -0.15) is 13.2 Å². The number of nitrogens with zero attached hydrogens (tertiary/aromatic N) is 3. The number of carbonyl (C=O) groups excluding carboxylic acids is 1. The van der Waals surface area contributed by atoms with Crippen molar-refractivity contribution in [1.29, 1.82) is 0 Å². The van der Waals surface area contributed by atoms with Gasteiger partial charge in [0, 0.05) is 7.05 Å². The first-order valence-corrected chi connectivity index (χ1v) is 2.67. The fourth-order valence-corrected chi connectivity index (χ4v) is 0.642. The van der Waals surface area contributed by atoms with Gasteiger partial charge >= 0.3 is 12.2 Å². The Morgan fingerprint density at radius 3 is 2.27 bits per heavy atom. The second kappa shape index (κ2) is 2.18. The van der Waals surface area contributed by atoms with Crippen molar-refractivity contribution in [3.05, 3.63) is 0 Å². The molecule has 0 saturated heterocycles. The Hall–Kier alpha value is -1.14. The highest BCUT2D eigenvalue weighted by molar-refractivity contribution is 5.76. The van der Waals surface area contributed by atoms with Crippen LogP contribution in [0.3, 0.4) is 0 Å². The van der Waals surface area contributed by atoms with Crippen LogP contribution in [0.15, 0.2) is 10.2 Å². The van der Waals surface area contributed by atoms with Crippen LogP contribution < -0.4 is 0 Å². The lowest BCUT2D eigenvalue weighted by atomic mass is 10.5. The smallest absolute Gasteiger partial charge is 0.293 e. The summed E-state index contributed by atoms with van der Waals surface area (Å²) in [7, 11) is 1.00. The zero-order chi connectivity index (χ0) is 8.65. The number of hydrogen-bond donors (Lipinski definition) is 0. The van der Waals surface area contributed by atoms with Crippen LogP contribution in [0, 0.1) is 0 Å². The topological polar surface area (TPSA) is 45.0 Å². The van der Waals surface area contributed by atoms with Crippen LogP contribution >= 0.6 is 0 Å². The standard InChI is InChI=1S/C4H4F3N3O/c1-10-2(4(5,6)7)8-9-3(10)11/h2H,1H3. The largest absolute Gasteiger partial charge is 0.431 e. The Balaban J connectivity index is 2.78. The first kappa shape index (κ1) is 7.96. The zero-order valence-electron chi connectivity index (χ0n) is 5.46. The van der Waals surface area contributed by atoms with Gasteiger partial charge < -0.3 is 0 Å². The third-order valence-electron chi connectivity index (χ3n) is 1.21. The van der Waals surface area contributed by atoms with E-state index in [-0.39, 0.29) is 0 Å². The van der Waals surface area contributed by atoms with Crippen molar-refractivity contribution in [3.8, 4) is 0 Å². The summed E-state index contributed by atoms with van der Waals surface area (Å²) in [6.45, 7) is 0. The minimum atomic E-state index is -4.52. The van der Waals surface area contributed by atoms with Crippen LogP contribution in [-0.4, -0.2) is 30.3 Å². The average molecular weight is 167 g/mol. The molecule has 1 aliphatic heterocycles. The second-order valence-corrected chi connectivity index (χ2v) is 2.02. The molecule has 0 bridgehead atoms. The summed E-state index contributed by atoms with van der Waals surface area (Å²) < 4.78 is 35.5. The van der Waals surface area contributed by atoms with Crippen molar-refractivity contribution >= 4 is 6.03 Å². The number of azo groups is 1. The number of carbonyl (C=O) groups is 1. The predicted octanol–water partition coefficient (Wildman–Crippen LogP) is 1.39. The normalized spacial score (nSPS) is 24.9. The molecule has 1 atom stereocenters. The Bertz CT molecular complexity index is 211. The summed E-state index contributed by atoms with van der Waals surface area (Å²) in [6, 6.07) is -0.965. The maximum atomic E-state index is 11.8. The Kier molecular flexibility index (Phi) is 1.57. The highest BCUT2D eigenvalue weighted by Crippen LogP contribution is 2.28. The molecule has 0 radical (unpaired) electrons. The van der Waals surface area contributed by atoms with Gasteiger partial charge in [0.2, 0.25) is 6.17 Å². The summed E-state index contributed by atoms with van der Waals surface area (Å²) in [5, 5.41) is 5.50. The summed E-state index contributed by atoms with van der Waals surface area (Å²) in [4.78, 5) is 10.8. The van der Waals surface area contributed by atoms with Crippen molar-refractivity contribution in [1.82, 2.24) is 4.90 Å². The molecule has 7 heteroatoms. The monoisotopic (exact) mass is 167 g/mol. The molecular formula is C4H4F3N3O. The first-order chi connectivity index (χ1) is 4.93. The number of halogens is 3. The van der Waals surface area contributed by atoms with Gasteiger partial charge in [-0.25, -0.2) is 4.79 Å². The Morgan fingerprint density at radius 1 is 1.55 bits per heavy atom. The molecule has 11 heavy (non-hydrogen) atoms. The maximum Gasteiger partial charge on any atom is 0.431 e. The Labute approximate surface area is 59.7 Å². The van der Waals surface area contributed by atoms with Gasteiger partial charge in [0.25, 0.3) is 0 Å². The van der Waals surface area contributed by atoms with E-state index in [1.54, 1.807) is 0 Å². The van der Waals surface area contributed by atoms with Gasteiger partial charge in [0.15, 0.2) is 0 Å². The molecule has 1 rings (SSSR count). The molecule has 1 heterocycles. The fraction of sp³-hybridized carbons (Fsp3) is 0.750. The minimum Gasteiger partial charge on any atom is -0.293 e. The summed E-state index contributed by atoms with van der Waals surface area (Å²) in [5.74, 6) is 0. The molecule has 62 valence electrons. The quantitative estimate of drug-likeness (QED) is 0.537. The van der Waals surface area contributed by atoms with Gasteiger partial charge in [-0.1, -0.05) is 5.11 Å². The van der Waals surface area contributed by atoms with Crippen LogP contribution in [0.2, 0.25) is 0 Å². The third-order valence-corrected chi connectivity index (χ3v) is 1.21. The van der Waals surface area contributed by atoms with E-state index in [1.807, 2.05) is 0 Å². The van der Waals surface area contributed by atoms with Gasteiger partial charge in [-0.05, 0) is 0 Å². The molecule has 0 saturated carbocycles. The van der Waals surface area contributed by atoms with Crippen molar-refractivity contribution in [2.24, 2.45) is 10.2 Å². The summed E-state index contributed by atoms with van der Waals surface area (Å²) >= 11 is 0. The van der Waals surface area contributed by atoms with E-state index in [1.165, 1.54) is 0 Å². The van der Waals surface area contributed by atoms with Crippen LogP contribution in [0.4, 0.5) is 18.0 Å². The van der Waals surface area contributed by atoms with E-state index in [2.05, 4.69) is 10.2 Å². The molecule has 0 aliphatic carbocycles. The molecule has 0 aromatic carbocycles. The lowest BCUT2D eigenvalue weighted by molar-refractivity contribution is -0.168. The highest BCUT2D eigenvalue weighted by Gasteiger charge is 2.47. The predicted molar refractivity (Wildman–Crippen MR) is 27.9 cm³/mol. The molecule has 1 aliphatic rings. The molecular weight excluding hydrogens is 163 g/mol. The molecule has 2 amide bonds. The van der Waals surface area contributed by atoms with E-state index in [0.717, 1.165) is 7.05 Å². The average Bonchev–Trinajstić information content (AvgIpc) is 2.11. The number of alkyl halides is 3. The van der Waals surface area contributed by atoms with E-state index in [0.29, 0.717) is 4.90 Å². The summed E-state index contributed by atoms with van der Waals surface area (Å²) in [5.41, 5.74) is 0. The van der Waals surface area contributed by atoms with Crippen LogP contribution in [0.1, 0.15) is 0 Å². The third kappa shape index (κ3) is 1.31. The second-order valence-electron chi connectivity index (χ2n) is 2.02. The Morgan fingerprint density at radius 2 is 2.09 bits per heavy atom. The lowest BCUT2D eigenvalue weighted by Gasteiger charge is -2.17. The fourth-order valence-electron chi connectivity index (χ4n) is 0.642. The van der Waals surface area contributed by atoms with Crippen molar-refractivity contribution < 1.29 is 18.0 Å². The number of urea groups is 1. The highest BCUT2D eigenvalue weighted by atomic mass is 19.4. The van der Waals surface area contributed by atoms with Crippen molar-refractivity contribution in [2.75, 3.05) is 7.05 Å². The van der Waals surface area contributed by atoms with Crippen LogP contribution in [0.25, 0.3) is 0 Å². The maximum absolute atomic E-state index is 11.8. The number of rotatable bonds is 0. The van der Waals surface area contributed by atoms with Crippen molar-refractivity contribution in [3.63, 3.8) is 0 Å². The summed E-state index contributed by atoms with van der Waals surface area (Å²) in [6.07, 6.45) is -6.63. The van der Waals surface area contributed by atoms with Crippen LogP contribution in [0.5, 0.6) is 0 Å². The SMILES string of the molecule is CN1C(=O)N=NC1C(F)(F)F. The molecule has 4 nitrogen and oxygen atoms in total. The van der Waals surface area contributed by atoms with E-state index in [4.69, 9.17) is 0 Å². The number of amides is 2. The van der Waals surface area contributed by atoms with E-state index < -0.39 is 18.4 Å². The van der Waals surface area contributed by atoms with Crippen LogP contribution in [-0.2, 0) is 0 Å². The van der Waals surface area contributed by atoms with Crippen molar-refractivity contribution in [2.45, 2.75) is 12.3 Å². The molecule has 0 fully saturated rings. The molecule has 0 spiro atoms.